The summed E-state index contributed by atoms with van der Waals surface area (Å²) in [7, 11) is 0. The number of nitrogens with zero attached hydrogens (tertiary/aromatic N) is 3. The summed E-state index contributed by atoms with van der Waals surface area (Å²) >= 11 is 0. The summed E-state index contributed by atoms with van der Waals surface area (Å²) in [5.74, 6) is 1.96. The number of rotatable bonds is 4. The highest BCUT2D eigenvalue weighted by molar-refractivity contribution is 5.67. The average molecular weight is 232 g/mol. The number of hydrogen-bond donors (Lipinski definition) is 1. The molecule has 2 heterocycles. The second kappa shape index (κ2) is 4.73. The molecule has 0 atom stereocenters. The van der Waals surface area contributed by atoms with Gasteiger partial charge in [-0.15, -0.1) is 0 Å². The van der Waals surface area contributed by atoms with Crippen molar-refractivity contribution in [3.8, 4) is 0 Å². The zero-order valence-corrected chi connectivity index (χ0v) is 10.9. The van der Waals surface area contributed by atoms with Gasteiger partial charge in [0.25, 0.3) is 0 Å². The molecule has 0 saturated carbocycles. The van der Waals surface area contributed by atoms with E-state index < -0.39 is 0 Å². The summed E-state index contributed by atoms with van der Waals surface area (Å²) < 4.78 is 1.89. The first kappa shape index (κ1) is 11.9. The lowest BCUT2D eigenvalue weighted by atomic mass is 10.1. The fourth-order valence-corrected chi connectivity index (χ4v) is 1.66. The summed E-state index contributed by atoms with van der Waals surface area (Å²) in [4.78, 5) is 4.38. The van der Waals surface area contributed by atoms with E-state index in [1.807, 2.05) is 10.7 Å². The van der Waals surface area contributed by atoms with Gasteiger partial charge in [0.05, 0.1) is 5.69 Å². The van der Waals surface area contributed by atoms with Gasteiger partial charge in [-0.05, 0) is 17.9 Å². The molecule has 0 amide bonds. The maximum atomic E-state index is 4.54. The second-order valence-corrected chi connectivity index (χ2v) is 5.10. The lowest BCUT2D eigenvalue weighted by Crippen LogP contribution is -2.10. The van der Waals surface area contributed by atoms with Crippen LogP contribution < -0.4 is 5.32 Å². The number of aromatic nitrogens is 3. The van der Waals surface area contributed by atoms with Crippen molar-refractivity contribution in [2.24, 2.45) is 5.92 Å². The molecule has 17 heavy (non-hydrogen) atoms. The third-order valence-electron chi connectivity index (χ3n) is 2.68. The van der Waals surface area contributed by atoms with Crippen molar-refractivity contribution < 1.29 is 0 Å². The topological polar surface area (TPSA) is 42.2 Å². The summed E-state index contributed by atoms with van der Waals surface area (Å²) in [6.07, 6.45) is 3.68. The van der Waals surface area contributed by atoms with Crippen molar-refractivity contribution >= 4 is 11.3 Å². The molecule has 92 valence electrons. The van der Waals surface area contributed by atoms with Crippen LogP contribution in [0, 0.1) is 5.92 Å². The molecule has 0 aliphatic rings. The summed E-state index contributed by atoms with van der Waals surface area (Å²) in [6, 6.07) is 2.11. The van der Waals surface area contributed by atoms with Crippen LogP contribution >= 0.6 is 0 Å². The van der Waals surface area contributed by atoms with Gasteiger partial charge in [-0.2, -0.15) is 5.10 Å². The van der Waals surface area contributed by atoms with Gasteiger partial charge in [0.2, 0.25) is 0 Å². The number of nitrogens with one attached hydrogen (secondary N) is 1. The Morgan fingerprint density at radius 3 is 2.71 bits per heavy atom. The Morgan fingerprint density at radius 1 is 1.29 bits per heavy atom. The molecule has 0 radical (unpaired) electrons. The highest BCUT2D eigenvalue weighted by atomic mass is 15.2. The van der Waals surface area contributed by atoms with Gasteiger partial charge in [-0.25, -0.2) is 9.50 Å². The van der Waals surface area contributed by atoms with Gasteiger partial charge in [0, 0.05) is 18.9 Å². The minimum atomic E-state index is 0.438. The van der Waals surface area contributed by atoms with E-state index in [1.54, 1.807) is 6.20 Å². The van der Waals surface area contributed by atoms with E-state index in [-0.39, 0.29) is 0 Å². The molecular weight excluding hydrogens is 212 g/mol. The summed E-state index contributed by atoms with van der Waals surface area (Å²) in [5.41, 5.74) is 2.16. The molecule has 4 nitrogen and oxygen atoms in total. The molecule has 1 N–H and O–H groups in total. The molecule has 0 aromatic carbocycles. The minimum absolute atomic E-state index is 0.438. The standard InChI is InChI=1S/C13H20N4/c1-9(2)8-15-13-12-7-11(10(3)4)16-17(12)6-5-14-13/h5-7,9-10H,8H2,1-4H3,(H,14,15). The Hall–Kier alpha value is -1.58. The molecule has 2 aromatic rings. The fraction of sp³-hybridized carbons (Fsp3) is 0.538. The highest BCUT2D eigenvalue weighted by Gasteiger charge is 2.09. The lowest BCUT2D eigenvalue weighted by Gasteiger charge is -2.08. The smallest absolute Gasteiger partial charge is 0.152 e. The van der Waals surface area contributed by atoms with Crippen LogP contribution in [0.4, 0.5) is 5.82 Å². The predicted octanol–water partition coefficient (Wildman–Crippen LogP) is 2.92. The van der Waals surface area contributed by atoms with E-state index in [0.717, 1.165) is 23.6 Å². The molecule has 0 unspecified atom stereocenters. The van der Waals surface area contributed by atoms with Crippen molar-refractivity contribution in [2.75, 3.05) is 11.9 Å². The van der Waals surface area contributed by atoms with Crippen molar-refractivity contribution in [1.82, 2.24) is 14.6 Å². The predicted molar refractivity (Wildman–Crippen MR) is 70.4 cm³/mol. The first-order valence-corrected chi connectivity index (χ1v) is 6.16. The molecule has 0 aliphatic heterocycles. The average Bonchev–Trinajstić information content (AvgIpc) is 2.70. The van der Waals surface area contributed by atoms with Crippen LogP contribution in [-0.2, 0) is 0 Å². The van der Waals surface area contributed by atoms with Gasteiger partial charge in [-0.3, -0.25) is 0 Å². The molecular formula is C13H20N4. The SMILES string of the molecule is CC(C)CNc1nccn2nc(C(C)C)cc12. The van der Waals surface area contributed by atoms with Crippen LogP contribution in [0.25, 0.3) is 5.52 Å². The van der Waals surface area contributed by atoms with Crippen LogP contribution in [0.2, 0.25) is 0 Å². The van der Waals surface area contributed by atoms with E-state index >= 15 is 0 Å². The molecule has 2 rings (SSSR count). The van der Waals surface area contributed by atoms with E-state index in [1.165, 1.54) is 0 Å². The first-order chi connectivity index (χ1) is 8.08. The van der Waals surface area contributed by atoms with Gasteiger partial charge >= 0.3 is 0 Å². The van der Waals surface area contributed by atoms with Gasteiger partial charge in [-0.1, -0.05) is 27.7 Å². The van der Waals surface area contributed by atoms with Crippen molar-refractivity contribution in [3.05, 3.63) is 24.2 Å². The molecule has 0 saturated heterocycles. The third kappa shape index (κ3) is 2.57. The lowest BCUT2D eigenvalue weighted by molar-refractivity contribution is 0.687. The zero-order chi connectivity index (χ0) is 12.4. The van der Waals surface area contributed by atoms with Crippen molar-refractivity contribution in [2.45, 2.75) is 33.6 Å². The monoisotopic (exact) mass is 232 g/mol. The Bertz CT molecular complexity index is 499. The largest absolute Gasteiger partial charge is 0.368 e. The number of fused-ring (bicyclic) bond motifs is 1. The van der Waals surface area contributed by atoms with Crippen LogP contribution in [0.5, 0.6) is 0 Å². The minimum Gasteiger partial charge on any atom is -0.368 e. The summed E-state index contributed by atoms with van der Waals surface area (Å²) in [6.45, 7) is 9.59. The Kier molecular flexibility index (Phi) is 3.31. The normalized spacial score (nSPS) is 11.6. The van der Waals surface area contributed by atoms with E-state index in [4.69, 9.17) is 0 Å². The van der Waals surface area contributed by atoms with Crippen LogP contribution in [0.15, 0.2) is 18.5 Å². The maximum absolute atomic E-state index is 4.54. The van der Waals surface area contributed by atoms with Gasteiger partial charge < -0.3 is 5.32 Å². The third-order valence-corrected chi connectivity index (χ3v) is 2.68. The fourth-order valence-electron chi connectivity index (χ4n) is 1.66. The zero-order valence-electron chi connectivity index (χ0n) is 10.9. The molecule has 0 spiro atoms. The molecule has 2 aromatic heterocycles. The number of hydrogen-bond acceptors (Lipinski definition) is 3. The quantitative estimate of drug-likeness (QED) is 0.881. The van der Waals surface area contributed by atoms with E-state index in [0.29, 0.717) is 11.8 Å². The Balaban J connectivity index is 2.35. The van der Waals surface area contributed by atoms with Crippen LogP contribution in [-0.4, -0.2) is 21.1 Å². The molecule has 0 aliphatic carbocycles. The number of anilines is 1. The van der Waals surface area contributed by atoms with Crippen molar-refractivity contribution in [3.63, 3.8) is 0 Å². The van der Waals surface area contributed by atoms with Crippen LogP contribution in [0.3, 0.4) is 0 Å². The molecule has 0 bridgehead atoms. The van der Waals surface area contributed by atoms with Crippen molar-refractivity contribution in [1.29, 1.82) is 0 Å². The molecule has 0 fully saturated rings. The van der Waals surface area contributed by atoms with E-state index in [2.05, 4.69) is 49.2 Å². The first-order valence-electron chi connectivity index (χ1n) is 6.16. The Morgan fingerprint density at radius 2 is 2.06 bits per heavy atom. The highest BCUT2D eigenvalue weighted by Crippen LogP contribution is 2.19. The molecule has 4 heteroatoms. The van der Waals surface area contributed by atoms with Crippen LogP contribution in [0.1, 0.15) is 39.3 Å². The van der Waals surface area contributed by atoms with Gasteiger partial charge in [0.1, 0.15) is 5.52 Å². The maximum Gasteiger partial charge on any atom is 0.152 e. The summed E-state index contributed by atoms with van der Waals surface area (Å²) in [5, 5.41) is 7.90. The second-order valence-electron chi connectivity index (χ2n) is 5.10. The van der Waals surface area contributed by atoms with E-state index in [9.17, 15) is 0 Å². The van der Waals surface area contributed by atoms with Gasteiger partial charge in [0.15, 0.2) is 5.82 Å². The Labute approximate surface area is 102 Å².